The largest absolute Gasteiger partial charge is 0.441 e. The Bertz CT molecular complexity index is 225. The van der Waals surface area contributed by atoms with Gasteiger partial charge in [0.25, 0.3) is 0 Å². The van der Waals surface area contributed by atoms with Gasteiger partial charge in [-0.25, -0.2) is 4.79 Å². The fourth-order valence-electron chi connectivity index (χ4n) is 0.532. The molecule has 0 aliphatic heterocycles. The van der Waals surface area contributed by atoms with Crippen LogP contribution in [0.25, 0.3) is 0 Å². The van der Waals surface area contributed by atoms with Crippen molar-refractivity contribution in [1.82, 2.24) is 0 Å². The molecule has 0 saturated heterocycles. The van der Waals surface area contributed by atoms with Gasteiger partial charge < -0.3 is 4.74 Å². The molecule has 55 valence electrons. The van der Waals surface area contributed by atoms with Crippen molar-refractivity contribution in [3.63, 3.8) is 0 Å². The first-order chi connectivity index (χ1) is 4.79. The molecule has 0 aromatic heterocycles. The molecule has 0 aliphatic carbocycles. The number of hydrogen-bond donors (Lipinski definition) is 0. The molecule has 1 aromatic rings. The first-order valence-corrected chi connectivity index (χ1v) is 3.00. The zero-order valence-corrected chi connectivity index (χ0v) is 9.18. The van der Waals surface area contributed by atoms with Crippen LogP contribution in [-0.2, 0) is 32.7 Å². The summed E-state index contributed by atoms with van der Waals surface area (Å²) in [6, 6.07) is 9.23. The van der Waals surface area contributed by atoms with Crippen molar-refractivity contribution in [2.75, 3.05) is 0 Å². The van der Waals surface area contributed by atoms with Gasteiger partial charge in [-0.3, -0.25) is 0 Å². The van der Waals surface area contributed by atoms with E-state index in [4.69, 9.17) is 11.6 Å². The van der Waals surface area contributed by atoms with Crippen LogP contribution in [-0.4, -0.2) is 5.43 Å². The Balaban J connectivity index is 0.000001000. The van der Waals surface area contributed by atoms with Crippen molar-refractivity contribution in [2.45, 2.75) is 0 Å². The van der Waals surface area contributed by atoms with Crippen molar-refractivity contribution in [3.05, 3.63) is 30.3 Å². The predicted molar refractivity (Wildman–Crippen MR) is 37.2 cm³/mol. The average Bonchev–Trinajstić information content (AvgIpc) is 1.88. The Hall–Kier alpha value is 0.0839. The van der Waals surface area contributed by atoms with E-state index >= 15 is 0 Å². The number of halogens is 1. The molecule has 0 aliphatic rings. The molecule has 0 saturated carbocycles. The topological polar surface area (TPSA) is 26.3 Å². The molecule has 0 fully saturated rings. The van der Waals surface area contributed by atoms with E-state index in [-0.39, 0.29) is 32.7 Å². The Morgan fingerprint density at radius 2 is 2.00 bits per heavy atom. The van der Waals surface area contributed by atoms with Gasteiger partial charge in [0, 0.05) is 50.1 Å². The second-order valence-electron chi connectivity index (χ2n) is 1.58. The quantitative estimate of drug-likeness (QED) is 0.559. The molecule has 4 heteroatoms. The molecule has 1 radical (unpaired) electrons. The molecule has 0 heterocycles. The van der Waals surface area contributed by atoms with E-state index in [0.717, 1.165) is 0 Å². The van der Waals surface area contributed by atoms with Gasteiger partial charge in [-0.15, -0.1) is 12.1 Å². The molecule has 1 rings (SSSR count). The van der Waals surface area contributed by atoms with Crippen molar-refractivity contribution in [3.8, 4) is 5.75 Å². The number of hydrogen-bond acceptors (Lipinski definition) is 2. The smallest absolute Gasteiger partial charge is 0.407 e. The fraction of sp³-hybridized carbons (Fsp3) is 0. The Morgan fingerprint density at radius 3 is 2.45 bits per heavy atom. The van der Waals surface area contributed by atoms with Gasteiger partial charge in [-0.2, -0.15) is 18.2 Å². The Morgan fingerprint density at radius 1 is 1.45 bits per heavy atom. The number of rotatable bonds is 1. The number of ether oxygens (including phenoxy) is 1. The second-order valence-corrected chi connectivity index (χ2v) is 1.88. The van der Waals surface area contributed by atoms with Gasteiger partial charge >= 0.3 is 5.43 Å². The number of benzene rings is 1. The van der Waals surface area contributed by atoms with Crippen LogP contribution in [0.5, 0.6) is 5.75 Å². The number of carbonyl (C=O) groups excluding carboxylic acids is 1. The summed E-state index contributed by atoms with van der Waals surface area (Å²) in [5, 5.41) is 0. The Kier molecular flexibility index (Phi) is 5.74. The summed E-state index contributed by atoms with van der Waals surface area (Å²) in [6.45, 7) is 0. The molecule has 0 N–H and O–H groups in total. The molecule has 0 bridgehead atoms. The minimum atomic E-state index is -0.828. The van der Waals surface area contributed by atoms with Crippen LogP contribution in [0.15, 0.2) is 24.3 Å². The minimum absolute atomic E-state index is 0. The van der Waals surface area contributed by atoms with Gasteiger partial charge in [0.05, 0.1) is 0 Å². The number of carbonyl (C=O) groups is 1. The van der Waals surface area contributed by atoms with Gasteiger partial charge in [-0.05, 0) is 0 Å². The van der Waals surface area contributed by atoms with E-state index in [0.29, 0.717) is 5.75 Å². The maximum Gasteiger partial charge on any atom is 0.407 e. The molecule has 0 unspecified atom stereocenters. The maximum absolute atomic E-state index is 10.1. The molecule has 2 nitrogen and oxygen atoms in total. The van der Waals surface area contributed by atoms with Crippen LogP contribution in [0.1, 0.15) is 0 Å². The van der Waals surface area contributed by atoms with E-state index in [1.165, 1.54) is 0 Å². The standard InChI is InChI=1S/C7H4ClO2.Y/c8-7(9)10-6-4-2-1-3-5-6;/h2-5H;/q-1;. The Labute approximate surface area is 94.8 Å². The first kappa shape index (κ1) is 11.1. The molecule has 1 aromatic carbocycles. The summed E-state index contributed by atoms with van der Waals surface area (Å²) in [5.74, 6) is 0.429. The third kappa shape index (κ3) is 4.51. The maximum atomic E-state index is 10.1. The van der Waals surface area contributed by atoms with Crippen LogP contribution in [0.3, 0.4) is 0 Å². The molecule has 0 atom stereocenters. The van der Waals surface area contributed by atoms with Crippen LogP contribution in [0.4, 0.5) is 4.79 Å². The fourth-order valence-corrected chi connectivity index (χ4v) is 0.621. The third-order valence-corrected chi connectivity index (χ3v) is 0.963. The third-order valence-electron chi connectivity index (χ3n) is 0.886. The summed E-state index contributed by atoms with van der Waals surface area (Å²) < 4.78 is 4.52. The SMILES string of the molecule is O=C(Cl)Oc1cc[c-]cc1.[Y]. The monoisotopic (exact) mass is 244 g/mol. The van der Waals surface area contributed by atoms with Crippen molar-refractivity contribution in [2.24, 2.45) is 0 Å². The zero-order chi connectivity index (χ0) is 7.40. The van der Waals surface area contributed by atoms with Crippen LogP contribution >= 0.6 is 11.6 Å². The van der Waals surface area contributed by atoms with Crippen LogP contribution < -0.4 is 4.74 Å². The van der Waals surface area contributed by atoms with Crippen LogP contribution in [0, 0.1) is 6.07 Å². The molecule has 0 amide bonds. The van der Waals surface area contributed by atoms with Crippen molar-refractivity contribution >= 4 is 17.0 Å². The predicted octanol–water partition coefficient (Wildman–Crippen LogP) is 2.22. The molecule has 0 spiro atoms. The van der Waals surface area contributed by atoms with E-state index in [9.17, 15) is 4.79 Å². The first-order valence-electron chi connectivity index (χ1n) is 2.62. The summed E-state index contributed by atoms with van der Waals surface area (Å²) in [5.41, 5.74) is -0.828. The van der Waals surface area contributed by atoms with Gasteiger partial charge in [-0.1, -0.05) is 0 Å². The van der Waals surface area contributed by atoms with Gasteiger partial charge in [0.15, 0.2) is 0 Å². The summed E-state index contributed by atoms with van der Waals surface area (Å²) in [7, 11) is 0. The molecular weight excluding hydrogens is 240 g/mol. The van der Waals surface area contributed by atoms with Crippen molar-refractivity contribution in [1.29, 1.82) is 0 Å². The second kappa shape index (κ2) is 5.70. The van der Waals surface area contributed by atoms with E-state index < -0.39 is 5.43 Å². The van der Waals surface area contributed by atoms with E-state index in [2.05, 4.69) is 10.8 Å². The summed E-state index contributed by atoms with van der Waals surface area (Å²) in [4.78, 5) is 10.1. The normalized spacial score (nSPS) is 8.09. The van der Waals surface area contributed by atoms with E-state index in [1.807, 2.05) is 0 Å². The van der Waals surface area contributed by atoms with E-state index in [1.54, 1.807) is 24.3 Å². The summed E-state index contributed by atoms with van der Waals surface area (Å²) in [6.07, 6.45) is 0. The minimum Gasteiger partial charge on any atom is -0.441 e. The molecule has 11 heavy (non-hydrogen) atoms. The van der Waals surface area contributed by atoms with Crippen molar-refractivity contribution < 1.29 is 42.2 Å². The van der Waals surface area contributed by atoms with Crippen LogP contribution in [0.2, 0.25) is 0 Å². The van der Waals surface area contributed by atoms with Gasteiger partial charge in [0.1, 0.15) is 0 Å². The average molecular weight is 244 g/mol. The summed E-state index contributed by atoms with van der Waals surface area (Å²) >= 11 is 4.94. The zero-order valence-electron chi connectivity index (χ0n) is 5.58. The molecular formula is C7H4ClO2Y-. The van der Waals surface area contributed by atoms with Gasteiger partial charge in [0.2, 0.25) is 0 Å².